The molecule has 1 N–H and O–H groups in total. The molecule has 100 valence electrons. The average Bonchev–Trinajstić information content (AvgIpc) is 3.16. The largest absolute Gasteiger partial charge is 0.378 e. The lowest BCUT2D eigenvalue weighted by Crippen LogP contribution is -2.11. The molecule has 0 atom stereocenters. The zero-order valence-electron chi connectivity index (χ0n) is 11.4. The fraction of sp³-hybridized carbons (Fsp3) is 0.429. The fourth-order valence-corrected chi connectivity index (χ4v) is 2.10. The lowest BCUT2D eigenvalue weighted by atomic mass is 10.3. The molecule has 1 aliphatic carbocycles. The Kier molecular flexibility index (Phi) is 3.11. The van der Waals surface area contributed by atoms with E-state index in [0.29, 0.717) is 6.04 Å². The third-order valence-corrected chi connectivity index (χ3v) is 3.37. The third-order valence-electron chi connectivity index (χ3n) is 3.37. The van der Waals surface area contributed by atoms with Gasteiger partial charge in [0.1, 0.15) is 5.82 Å². The van der Waals surface area contributed by atoms with Gasteiger partial charge in [-0.1, -0.05) is 0 Å². The first-order valence-corrected chi connectivity index (χ1v) is 6.62. The van der Waals surface area contributed by atoms with Gasteiger partial charge in [-0.3, -0.25) is 0 Å². The number of aromatic nitrogens is 3. The zero-order valence-corrected chi connectivity index (χ0v) is 11.4. The topological polar surface area (TPSA) is 46.0 Å². The summed E-state index contributed by atoms with van der Waals surface area (Å²) < 4.78 is 2.27. The van der Waals surface area contributed by atoms with E-state index >= 15 is 0 Å². The summed E-state index contributed by atoms with van der Waals surface area (Å²) in [5, 5.41) is 3.39. The Labute approximate surface area is 113 Å². The number of nitrogens with zero attached hydrogens (tertiary/aromatic N) is 4. The molecule has 0 amide bonds. The highest BCUT2D eigenvalue weighted by Crippen LogP contribution is 2.35. The highest BCUT2D eigenvalue weighted by molar-refractivity contribution is 5.47. The van der Waals surface area contributed by atoms with Gasteiger partial charge in [-0.2, -0.15) is 0 Å². The van der Waals surface area contributed by atoms with Crippen molar-refractivity contribution in [3.05, 3.63) is 36.5 Å². The summed E-state index contributed by atoms with van der Waals surface area (Å²) >= 11 is 0. The quantitative estimate of drug-likeness (QED) is 0.892. The van der Waals surface area contributed by atoms with Crippen molar-refractivity contribution in [2.45, 2.75) is 25.4 Å². The van der Waals surface area contributed by atoms with Gasteiger partial charge < -0.3 is 14.8 Å². The monoisotopic (exact) mass is 257 g/mol. The molecule has 2 heterocycles. The maximum atomic E-state index is 4.39. The molecule has 1 saturated carbocycles. The summed E-state index contributed by atoms with van der Waals surface area (Å²) in [4.78, 5) is 10.6. The SMILES string of the molecule is CN(C)c1ccc(NCc2cncn2C2CC2)cn1. The van der Waals surface area contributed by atoms with E-state index < -0.39 is 0 Å². The van der Waals surface area contributed by atoms with E-state index in [2.05, 4.69) is 25.9 Å². The van der Waals surface area contributed by atoms with Crippen molar-refractivity contribution in [3.63, 3.8) is 0 Å². The lowest BCUT2D eigenvalue weighted by molar-refractivity contribution is 0.701. The molecule has 19 heavy (non-hydrogen) atoms. The van der Waals surface area contributed by atoms with E-state index in [1.165, 1.54) is 18.5 Å². The molecule has 0 unspecified atom stereocenters. The Morgan fingerprint density at radius 2 is 2.16 bits per heavy atom. The second-order valence-electron chi connectivity index (χ2n) is 5.18. The van der Waals surface area contributed by atoms with Gasteiger partial charge >= 0.3 is 0 Å². The van der Waals surface area contributed by atoms with Crippen LogP contribution in [0.1, 0.15) is 24.6 Å². The predicted octanol–water partition coefficient (Wildman–Crippen LogP) is 2.29. The summed E-state index contributed by atoms with van der Waals surface area (Å²) in [7, 11) is 3.98. The lowest BCUT2D eigenvalue weighted by Gasteiger charge is -2.12. The molecule has 0 bridgehead atoms. The normalized spacial score (nSPS) is 14.4. The summed E-state index contributed by atoms with van der Waals surface area (Å²) in [6.07, 6.45) is 8.30. The highest BCUT2D eigenvalue weighted by atomic mass is 15.1. The van der Waals surface area contributed by atoms with Crippen LogP contribution in [0.3, 0.4) is 0 Å². The first-order valence-electron chi connectivity index (χ1n) is 6.62. The van der Waals surface area contributed by atoms with Gasteiger partial charge in [0, 0.05) is 26.3 Å². The van der Waals surface area contributed by atoms with E-state index in [-0.39, 0.29) is 0 Å². The number of imidazole rings is 1. The number of hydrogen-bond acceptors (Lipinski definition) is 4. The van der Waals surface area contributed by atoms with E-state index in [1.54, 1.807) is 0 Å². The second kappa shape index (κ2) is 4.91. The van der Waals surface area contributed by atoms with E-state index in [4.69, 9.17) is 0 Å². The van der Waals surface area contributed by atoms with E-state index in [0.717, 1.165) is 18.1 Å². The molecule has 1 aliphatic rings. The predicted molar refractivity (Wildman–Crippen MR) is 76.4 cm³/mol. The molecule has 2 aromatic rings. The molecular weight excluding hydrogens is 238 g/mol. The molecule has 3 rings (SSSR count). The minimum Gasteiger partial charge on any atom is -0.378 e. The number of rotatable bonds is 5. The highest BCUT2D eigenvalue weighted by Gasteiger charge is 2.24. The van der Waals surface area contributed by atoms with Crippen LogP contribution in [0, 0.1) is 0 Å². The molecule has 1 fully saturated rings. The van der Waals surface area contributed by atoms with Crippen LogP contribution >= 0.6 is 0 Å². The van der Waals surface area contributed by atoms with Gasteiger partial charge in [0.15, 0.2) is 0 Å². The minimum absolute atomic E-state index is 0.675. The molecule has 0 spiro atoms. The number of nitrogens with one attached hydrogen (secondary N) is 1. The van der Waals surface area contributed by atoms with Crippen LogP contribution < -0.4 is 10.2 Å². The summed E-state index contributed by atoms with van der Waals surface area (Å²) in [6.45, 7) is 0.791. The zero-order chi connectivity index (χ0) is 13.2. The molecular formula is C14H19N5. The Morgan fingerprint density at radius 3 is 2.79 bits per heavy atom. The van der Waals surface area contributed by atoms with Crippen LogP contribution in [-0.2, 0) is 6.54 Å². The van der Waals surface area contributed by atoms with Gasteiger partial charge in [0.05, 0.1) is 30.5 Å². The first kappa shape index (κ1) is 12.0. The maximum Gasteiger partial charge on any atom is 0.128 e. The Balaban J connectivity index is 1.63. The van der Waals surface area contributed by atoms with E-state index in [1.807, 2.05) is 43.8 Å². The smallest absolute Gasteiger partial charge is 0.128 e. The van der Waals surface area contributed by atoms with Gasteiger partial charge in [-0.15, -0.1) is 0 Å². The van der Waals surface area contributed by atoms with Gasteiger partial charge in [-0.25, -0.2) is 9.97 Å². The Hall–Kier alpha value is -2.04. The Bertz CT molecular complexity index is 539. The van der Waals surface area contributed by atoms with Crippen molar-refractivity contribution in [3.8, 4) is 0 Å². The third kappa shape index (κ3) is 2.70. The summed E-state index contributed by atoms with van der Waals surface area (Å²) in [5.74, 6) is 0.966. The van der Waals surface area contributed by atoms with Gasteiger partial charge in [-0.05, 0) is 25.0 Å². The van der Waals surface area contributed by atoms with Crippen molar-refractivity contribution in [2.75, 3.05) is 24.3 Å². The summed E-state index contributed by atoms with van der Waals surface area (Å²) in [6, 6.07) is 4.74. The molecule has 5 nitrogen and oxygen atoms in total. The van der Waals surface area contributed by atoms with Crippen molar-refractivity contribution >= 4 is 11.5 Å². The van der Waals surface area contributed by atoms with Crippen LogP contribution in [0.2, 0.25) is 0 Å². The summed E-state index contributed by atoms with van der Waals surface area (Å²) in [5.41, 5.74) is 2.27. The number of anilines is 2. The second-order valence-corrected chi connectivity index (χ2v) is 5.18. The molecule has 0 radical (unpaired) electrons. The fourth-order valence-electron chi connectivity index (χ4n) is 2.10. The molecule has 0 aromatic carbocycles. The number of pyridine rings is 1. The molecule has 5 heteroatoms. The van der Waals surface area contributed by atoms with Gasteiger partial charge in [0.2, 0.25) is 0 Å². The molecule has 0 saturated heterocycles. The van der Waals surface area contributed by atoms with Crippen LogP contribution in [0.15, 0.2) is 30.9 Å². The van der Waals surface area contributed by atoms with Crippen molar-refractivity contribution < 1.29 is 0 Å². The minimum atomic E-state index is 0.675. The average molecular weight is 257 g/mol. The van der Waals surface area contributed by atoms with Crippen molar-refractivity contribution in [1.82, 2.24) is 14.5 Å². The maximum absolute atomic E-state index is 4.39. The van der Waals surface area contributed by atoms with Crippen LogP contribution in [0.4, 0.5) is 11.5 Å². The standard InChI is InChI=1S/C14H19N5/c1-18(2)14-6-3-11(7-17-14)16-9-13-8-15-10-19(13)12-4-5-12/h3,6-8,10,12,16H,4-5,9H2,1-2H3. The van der Waals surface area contributed by atoms with Gasteiger partial charge in [0.25, 0.3) is 0 Å². The molecule has 0 aliphatic heterocycles. The van der Waals surface area contributed by atoms with Crippen molar-refractivity contribution in [1.29, 1.82) is 0 Å². The van der Waals surface area contributed by atoms with Crippen molar-refractivity contribution in [2.24, 2.45) is 0 Å². The molecule has 2 aromatic heterocycles. The van der Waals surface area contributed by atoms with Crippen LogP contribution in [0.5, 0.6) is 0 Å². The van der Waals surface area contributed by atoms with Crippen LogP contribution in [0.25, 0.3) is 0 Å². The van der Waals surface area contributed by atoms with E-state index in [9.17, 15) is 0 Å². The van der Waals surface area contributed by atoms with Crippen LogP contribution in [-0.4, -0.2) is 28.6 Å². The Morgan fingerprint density at radius 1 is 1.32 bits per heavy atom. The number of hydrogen-bond donors (Lipinski definition) is 1. The first-order chi connectivity index (χ1) is 9.24.